The van der Waals surface area contributed by atoms with Crippen molar-refractivity contribution < 1.29 is 36.3 Å². The van der Waals surface area contributed by atoms with Gasteiger partial charge in [0.1, 0.15) is 0 Å². The molecule has 5 aliphatic heterocycles. The van der Waals surface area contributed by atoms with Gasteiger partial charge in [-0.1, -0.05) is 60.7 Å². The summed E-state index contributed by atoms with van der Waals surface area (Å²) in [6, 6.07) is 20.7. The zero-order valence-corrected chi connectivity index (χ0v) is 33.6. The number of hydrogen-bond donors (Lipinski definition) is 2. The molecule has 5 heterocycles. The van der Waals surface area contributed by atoms with E-state index in [2.05, 4.69) is 51.5 Å². The van der Waals surface area contributed by atoms with E-state index in [0.29, 0.717) is 63.2 Å². The standard InChI is InChI=1S/C17H24N2O3S.C13H17NO2.C10H18N2O3S/c20-17(19-8-10-23(21,22)11-9-19)12-16-6-7-18(14-16)13-15-4-2-1-3-5-15;15-13(16)8-12-6-7-14(10-12)9-11-4-2-1-3-5-11;13-10(7-9-1-2-11-8-9)12-3-5-16(14,15)6-4-12/h1-5,16H,6-14H2;1-5,12H,6-10H2,(H,15,16);9,11H,1-8H2. The number of sulfone groups is 2. The Kier molecular flexibility index (Phi) is 16.1. The summed E-state index contributed by atoms with van der Waals surface area (Å²) in [6.07, 6.45) is 4.53. The Labute approximate surface area is 327 Å². The smallest absolute Gasteiger partial charge is 0.303 e. The monoisotopic (exact) mass is 801 g/mol. The summed E-state index contributed by atoms with van der Waals surface area (Å²) >= 11 is 0. The number of benzene rings is 2. The van der Waals surface area contributed by atoms with Crippen LogP contribution in [0, 0.1) is 17.8 Å². The molecule has 5 saturated heterocycles. The molecule has 0 saturated carbocycles. The first-order valence-corrected chi connectivity index (χ1v) is 23.4. The van der Waals surface area contributed by atoms with Crippen molar-refractivity contribution in [3.05, 3.63) is 71.8 Å². The van der Waals surface area contributed by atoms with Gasteiger partial charge in [0.15, 0.2) is 19.7 Å². The second kappa shape index (κ2) is 20.7. The fourth-order valence-corrected chi connectivity index (χ4v) is 10.3. The van der Waals surface area contributed by atoms with Crippen molar-refractivity contribution in [3.63, 3.8) is 0 Å². The minimum absolute atomic E-state index is 0.114. The molecule has 5 aliphatic rings. The Morgan fingerprint density at radius 2 is 1.00 bits per heavy atom. The molecular weight excluding hydrogens is 743 g/mol. The van der Waals surface area contributed by atoms with Gasteiger partial charge < -0.3 is 20.2 Å². The molecule has 0 aromatic heterocycles. The van der Waals surface area contributed by atoms with Crippen LogP contribution in [0.15, 0.2) is 60.7 Å². The first-order chi connectivity index (χ1) is 26.3. The molecule has 5 fully saturated rings. The third kappa shape index (κ3) is 14.9. The highest BCUT2D eigenvalue weighted by Crippen LogP contribution is 2.23. The number of aliphatic carboxylic acids is 1. The van der Waals surface area contributed by atoms with Crippen molar-refractivity contribution in [2.24, 2.45) is 17.8 Å². The number of carbonyl (C=O) groups excluding carboxylic acids is 2. The second-order valence-corrected chi connectivity index (χ2v) is 20.3. The van der Waals surface area contributed by atoms with E-state index in [4.69, 9.17) is 5.11 Å². The van der Waals surface area contributed by atoms with Crippen molar-refractivity contribution in [2.45, 2.75) is 51.6 Å². The van der Waals surface area contributed by atoms with Crippen molar-refractivity contribution in [1.29, 1.82) is 0 Å². The number of amides is 2. The molecule has 3 unspecified atom stereocenters. The Balaban J connectivity index is 0.000000163. The van der Waals surface area contributed by atoms with Gasteiger partial charge in [-0.05, 0) is 74.3 Å². The Morgan fingerprint density at radius 3 is 1.40 bits per heavy atom. The Morgan fingerprint density at radius 1 is 0.582 bits per heavy atom. The molecule has 2 amide bonds. The first kappa shape index (κ1) is 42.8. The highest BCUT2D eigenvalue weighted by molar-refractivity contribution is 7.91. The average Bonchev–Trinajstić information content (AvgIpc) is 3.93. The molecule has 55 heavy (non-hydrogen) atoms. The maximum absolute atomic E-state index is 12.3. The molecule has 13 nitrogen and oxygen atoms in total. The predicted molar refractivity (Wildman–Crippen MR) is 213 cm³/mol. The number of hydrogen-bond acceptors (Lipinski definition) is 10. The lowest BCUT2D eigenvalue weighted by Gasteiger charge is -2.27. The summed E-state index contributed by atoms with van der Waals surface area (Å²) in [5.41, 5.74) is 2.61. The summed E-state index contributed by atoms with van der Waals surface area (Å²) in [7, 11) is -5.80. The van der Waals surface area contributed by atoms with Crippen molar-refractivity contribution in [1.82, 2.24) is 24.9 Å². The third-order valence-electron chi connectivity index (χ3n) is 11.2. The van der Waals surface area contributed by atoms with Crippen LogP contribution in [-0.2, 0) is 47.1 Å². The highest BCUT2D eigenvalue weighted by atomic mass is 32.2. The second-order valence-electron chi connectivity index (χ2n) is 15.7. The van der Waals surface area contributed by atoms with E-state index in [9.17, 15) is 31.2 Å². The van der Waals surface area contributed by atoms with E-state index < -0.39 is 25.6 Å². The minimum Gasteiger partial charge on any atom is -0.481 e. The van der Waals surface area contributed by atoms with Gasteiger partial charge in [-0.2, -0.15) is 0 Å². The fraction of sp³-hybridized carbons (Fsp3) is 0.625. The van der Waals surface area contributed by atoms with Gasteiger partial charge in [0.05, 0.1) is 23.0 Å². The summed E-state index contributed by atoms with van der Waals surface area (Å²) in [5, 5.41) is 12.0. The lowest BCUT2D eigenvalue weighted by molar-refractivity contribution is -0.138. The van der Waals surface area contributed by atoms with Gasteiger partial charge in [0.2, 0.25) is 11.8 Å². The van der Waals surface area contributed by atoms with Crippen LogP contribution >= 0.6 is 0 Å². The molecule has 0 spiro atoms. The summed E-state index contributed by atoms with van der Waals surface area (Å²) in [5.74, 6) is 1.20. The van der Waals surface area contributed by atoms with Gasteiger partial charge >= 0.3 is 5.97 Å². The van der Waals surface area contributed by atoms with E-state index in [1.807, 2.05) is 24.3 Å². The van der Waals surface area contributed by atoms with E-state index in [-0.39, 0.29) is 34.8 Å². The van der Waals surface area contributed by atoms with Crippen molar-refractivity contribution in [2.75, 3.05) is 88.5 Å². The molecule has 0 radical (unpaired) electrons. The highest BCUT2D eigenvalue weighted by Gasteiger charge is 2.30. The lowest BCUT2D eigenvalue weighted by Crippen LogP contribution is -2.44. The SMILES string of the molecule is O=C(CC1CCN(Cc2ccccc2)C1)N1CCS(=O)(=O)CC1.O=C(CC1CCNC1)N1CCS(=O)(=O)CC1.O=C(O)CC1CCN(Cc2ccccc2)C1. The molecule has 2 aromatic carbocycles. The number of rotatable bonds is 10. The van der Waals surface area contributed by atoms with Crippen LogP contribution in [0.5, 0.6) is 0 Å². The fourth-order valence-electron chi connectivity index (χ4n) is 7.94. The number of carboxylic acid groups (broad SMARTS) is 1. The van der Waals surface area contributed by atoms with Gasteiger partial charge in [0.25, 0.3) is 0 Å². The topological polar surface area (TPSA) is 165 Å². The number of nitrogens with one attached hydrogen (secondary N) is 1. The zero-order chi connectivity index (χ0) is 39.3. The maximum atomic E-state index is 12.3. The Bertz CT molecular complexity index is 1730. The number of nitrogens with zero attached hydrogens (tertiary/aromatic N) is 4. The van der Waals surface area contributed by atoms with Crippen LogP contribution in [0.3, 0.4) is 0 Å². The van der Waals surface area contributed by atoms with Gasteiger partial charge in [0, 0.05) is 71.6 Å². The summed E-state index contributed by atoms with van der Waals surface area (Å²) in [4.78, 5) is 43.0. The van der Waals surface area contributed by atoms with Crippen molar-refractivity contribution >= 4 is 37.5 Å². The van der Waals surface area contributed by atoms with Crippen LogP contribution < -0.4 is 5.32 Å². The lowest BCUT2D eigenvalue weighted by atomic mass is 10.0. The molecule has 304 valence electrons. The van der Waals surface area contributed by atoms with Crippen LogP contribution in [0.1, 0.15) is 49.7 Å². The van der Waals surface area contributed by atoms with Crippen molar-refractivity contribution in [3.8, 4) is 0 Å². The Hall–Kier alpha value is -3.37. The van der Waals surface area contributed by atoms with Crippen LogP contribution in [0.25, 0.3) is 0 Å². The summed E-state index contributed by atoms with van der Waals surface area (Å²) < 4.78 is 45.3. The molecule has 0 aliphatic carbocycles. The van der Waals surface area contributed by atoms with Gasteiger partial charge in [-0.25, -0.2) is 16.8 Å². The quantitative estimate of drug-likeness (QED) is 0.363. The maximum Gasteiger partial charge on any atom is 0.303 e. The van der Waals surface area contributed by atoms with E-state index >= 15 is 0 Å². The van der Waals surface area contributed by atoms with E-state index in [1.54, 1.807) is 9.80 Å². The zero-order valence-electron chi connectivity index (χ0n) is 32.0. The molecular formula is C40H59N5O8S2. The molecule has 3 atom stereocenters. The molecule has 0 bridgehead atoms. The van der Waals surface area contributed by atoms with Crippen LogP contribution in [0.2, 0.25) is 0 Å². The van der Waals surface area contributed by atoms with E-state index in [0.717, 1.165) is 71.6 Å². The minimum atomic E-state index is -2.92. The number of carboxylic acids is 1. The largest absolute Gasteiger partial charge is 0.481 e. The first-order valence-electron chi connectivity index (χ1n) is 19.7. The molecule has 15 heteroatoms. The van der Waals surface area contributed by atoms with Crippen LogP contribution in [-0.4, -0.2) is 148 Å². The number of likely N-dealkylation sites (tertiary alicyclic amines) is 2. The molecule has 2 N–H and O–H groups in total. The van der Waals surface area contributed by atoms with Gasteiger partial charge in [-0.15, -0.1) is 0 Å². The summed E-state index contributed by atoms with van der Waals surface area (Å²) in [6.45, 7) is 9.18. The van der Waals surface area contributed by atoms with E-state index in [1.165, 1.54) is 11.1 Å². The average molecular weight is 802 g/mol. The molecule has 2 aromatic rings. The molecule has 7 rings (SSSR count). The van der Waals surface area contributed by atoms with Gasteiger partial charge in [-0.3, -0.25) is 24.2 Å². The number of carbonyl (C=O) groups is 3. The predicted octanol–water partition coefficient (Wildman–Crippen LogP) is 2.38. The normalized spacial score (nSPS) is 25.0. The van der Waals surface area contributed by atoms with Crippen LogP contribution in [0.4, 0.5) is 0 Å². The third-order valence-corrected chi connectivity index (χ3v) is 14.4.